The maximum absolute atomic E-state index is 12.5. The first kappa shape index (κ1) is 19.5. The number of amides is 1. The van der Waals surface area contributed by atoms with E-state index < -0.39 is 5.38 Å². The van der Waals surface area contributed by atoms with Gasteiger partial charge in [0.05, 0.1) is 18.2 Å². The molecule has 0 bridgehead atoms. The molecule has 6 heteroatoms. The molecular formula is C20H19ClN2O3. The molecule has 1 unspecified atom stereocenters. The van der Waals surface area contributed by atoms with E-state index in [0.717, 1.165) is 6.42 Å². The summed E-state index contributed by atoms with van der Waals surface area (Å²) in [6.07, 6.45) is 1.04. The molecule has 1 N–H and O–H groups in total. The molecule has 1 amide bonds. The van der Waals surface area contributed by atoms with E-state index in [4.69, 9.17) is 21.6 Å². The van der Waals surface area contributed by atoms with Crippen LogP contribution >= 0.6 is 11.6 Å². The SMILES string of the molecule is CCCOC(=O)c1ccc(NC(=O)c2ccccc2CC(Cl)C#N)cc1. The summed E-state index contributed by atoms with van der Waals surface area (Å²) in [4.78, 5) is 24.3. The number of rotatable bonds is 7. The number of nitriles is 1. The number of ether oxygens (including phenoxy) is 1. The van der Waals surface area contributed by atoms with E-state index in [2.05, 4.69) is 5.32 Å². The minimum Gasteiger partial charge on any atom is -0.462 e. The second kappa shape index (κ2) is 9.59. The molecule has 26 heavy (non-hydrogen) atoms. The van der Waals surface area contributed by atoms with Crippen LogP contribution in [0.1, 0.15) is 39.6 Å². The van der Waals surface area contributed by atoms with Crippen LogP contribution in [-0.2, 0) is 11.2 Å². The number of nitrogens with one attached hydrogen (secondary N) is 1. The Labute approximate surface area is 157 Å². The van der Waals surface area contributed by atoms with E-state index in [1.165, 1.54) is 0 Å². The Morgan fingerprint density at radius 3 is 2.54 bits per heavy atom. The molecule has 5 nitrogen and oxygen atoms in total. The number of anilines is 1. The molecule has 2 aromatic rings. The molecule has 0 heterocycles. The summed E-state index contributed by atoms with van der Waals surface area (Å²) < 4.78 is 5.07. The fraction of sp³-hybridized carbons (Fsp3) is 0.250. The molecule has 0 aliphatic heterocycles. The highest BCUT2D eigenvalue weighted by molar-refractivity contribution is 6.22. The van der Waals surface area contributed by atoms with E-state index >= 15 is 0 Å². The molecule has 0 aliphatic rings. The van der Waals surface area contributed by atoms with E-state index in [-0.39, 0.29) is 18.3 Å². The van der Waals surface area contributed by atoms with Crippen molar-refractivity contribution in [2.75, 3.05) is 11.9 Å². The fourth-order valence-corrected chi connectivity index (χ4v) is 2.49. The molecule has 0 spiro atoms. The quantitative estimate of drug-likeness (QED) is 0.585. The Morgan fingerprint density at radius 1 is 1.19 bits per heavy atom. The molecule has 0 radical (unpaired) electrons. The summed E-state index contributed by atoms with van der Waals surface area (Å²) in [5, 5.41) is 11.0. The van der Waals surface area contributed by atoms with Gasteiger partial charge < -0.3 is 10.1 Å². The number of alkyl halides is 1. The summed E-state index contributed by atoms with van der Waals surface area (Å²) in [7, 11) is 0. The summed E-state index contributed by atoms with van der Waals surface area (Å²) in [6, 6.07) is 15.4. The Kier molecular flexibility index (Phi) is 7.19. The Bertz CT molecular complexity index is 813. The standard InChI is InChI=1S/C20H19ClN2O3/c1-2-11-26-20(25)14-7-9-17(10-8-14)23-19(24)18-6-4-3-5-15(18)12-16(21)13-22/h3-10,16H,2,11-12H2,1H3,(H,23,24). The van der Waals surface area contributed by atoms with Crippen molar-refractivity contribution in [2.24, 2.45) is 0 Å². The number of halogens is 1. The van der Waals surface area contributed by atoms with Crippen LogP contribution in [0.5, 0.6) is 0 Å². The van der Waals surface area contributed by atoms with Gasteiger partial charge in [-0.1, -0.05) is 25.1 Å². The lowest BCUT2D eigenvalue weighted by Crippen LogP contribution is -2.16. The van der Waals surface area contributed by atoms with Gasteiger partial charge in [-0.25, -0.2) is 4.79 Å². The van der Waals surface area contributed by atoms with Crippen molar-refractivity contribution >= 4 is 29.2 Å². The third kappa shape index (κ3) is 5.33. The van der Waals surface area contributed by atoms with Crippen molar-refractivity contribution < 1.29 is 14.3 Å². The zero-order valence-electron chi connectivity index (χ0n) is 14.4. The van der Waals surface area contributed by atoms with Gasteiger partial charge in [0.15, 0.2) is 0 Å². The van der Waals surface area contributed by atoms with Crippen LogP contribution in [0.25, 0.3) is 0 Å². The number of nitrogens with zero attached hydrogens (tertiary/aromatic N) is 1. The van der Waals surface area contributed by atoms with Crippen molar-refractivity contribution in [1.29, 1.82) is 5.26 Å². The average molecular weight is 371 g/mol. The third-order valence-electron chi connectivity index (χ3n) is 3.62. The molecule has 0 aliphatic carbocycles. The first-order chi connectivity index (χ1) is 12.5. The molecule has 0 saturated heterocycles. The van der Waals surface area contributed by atoms with E-state index in [1.807, 2.05) is 13.0 Å². The van der Waals surface area contributed by atoms with Crippen LogP contribution in [0.15, 0.2) is 48.5 Å². The summed E-state index contributed by atoms with van der Waals surface area (Å²) in [6.45, 7) is 2.30. The second-order valence-corrected chi connectivity index (χ2v) is 6.15. The van der Waals surface area contributed by atoms with Crippen molar-refractivity contribution in [3.05, 3.63) is 65.2 Å². The number of hydrogen-bond donors (Lipinski definition) is 1. The highest BCUT2D eigenvalue weighted by Crippen LogP contribution is 2.17. The van der Waals surface area contributed by atoms with Crippen molar-refractivity contribution in [3.63, 3.8) is 0 Å². The van der Waals surface area contributed by atoms with Gasteiger partial charge in [-0.05, 0) is 42.3 Å². The molecule has 1 atom stereocenters. The maximum atomic E-state index is 12.5. The van der Waals surface area contributed by atoms with Gasteiger partial charge >= 0.3 is 5.97 Å². The lowest BCUT2D eigenvalue weighted by molar-refractivity contribution is 0.0505. The number of hydrogen-bond acceptors (Lipinski definition) is 4. The van der Waals surface area contributed by atoms with Crippen LogP contribution in [-0.4, -0.2) is 23.9 Å². The van der Waals surface area contributed by atoms with Crippen LogP contribution < -0.4 is 5.32 Å². The monoisotopic (exact) mass is 370 g/mol. The smallest absolute Gasteiger partial charge is 0.338 e. The highest BCUT2D eigenvalue weighted by Gasteiger charge is 2.14. The van der Waals surface area contributed by atoms with Gasteiger partial charge in [0.1, 0.15) is 5.38 Å². The van der Waals surface area contributed by atoms with Gasteiger partial charge in [-0.2, -0.15) is 5.26 Å². The largest absolute Gasteiger partial charge is 0.462 e. The number of benzene rings is 2. The van der Waals surface area contributed by atoms with E-state index in [1.54, 1.807) is 48.5 Å². The Morgan fingerprint density at radius 2 is 1.88 bits per heavy atom. The van der Waals surface area contributed by atoms with Crippen LogP contribution in [0.4, 0.5) is 5.69 Å². The molecule has 2 rings (SSSR count). The maximum Gasteiger partial charge on any atom is 0.338 e. The summed E-state index contributed by atoms with van der Waals surface area (Å²) >= 11 is 5.88. The number of carbonyl (C=O) groups excluding carboxylic acids is 2. The molecule has 0 aromatic heterocycles. The van der Waals surface area contributed by atoms with Crippen molar-refractivity contribution in [1.82, 2.24) is 0 Å². The molecule has 0 fully saturated rings. The third-order valence-corrected chi connectivity index (χ3v) is 3.87. The normalized spacial score (nSPS) is 11.3. The van der Waals surface area contributed by atoms with Gasteiger partial charge in [0, 0.05) is 17.7 Å². The van der Waals surface area contributed by atoms with E-state index in [9.17, 15) is 9.59 Å². The molecule has 134 valence electrons. The lowest BCUT2D eigenvalue weighted by atomic mass is 10.0. The summed E-state index contributed by atoms with van der Waals surface area (Å²) in [5.74, 6) is -0.691. The van der Waals surface area contributed by atoms with Gasteiger partial charge in [0.25, 0.3) is 5.91 Å². The molecular weight excluding hydrogens is 352 g/mol. The number of carbonyl (C=O) groups is 2. The van der Waals surface area contributed by atoms with Crippen molar-refractivity contribution in [3.8, 4) is 6.07 Å². The topological polar surface area (TPSA) is 79.2 Å². The first-order valence-corrected chi connectivity index (χ1v) is 8.69. The average Bonchev–Trinajstić information content (AvgIpc) is 2.66. The zero-order valence-corrected chi connectivity index (χ0v) is 15.1. The Balaban J connectivity index is 2.09. The van der Waals surface area contributed by atoms with Gasteiger partial charge in [0.2, 0.25) is 0 Å². The zero-order chi connectivity index (χ0) is 18.9. The minimum absolute atomic E-state index is 0.282. The minimum atomic E-state index is -0.697. The fourth-order valence-electron chi connectivity index (χ4n) is 2.32. The number of esters is 1. The lowest BCUT2D eigenvalue weighted by Gasteiger charge is -2.11. The molecule has 2 aromatic carbocycles. The van der Waals surface area contributed by atoms with Crippen LogP contribution in [0.2, 0.25) is 0 Å². The predicted octanol–water partition coefficient (Wildman–Crippen LogP) is 4.18. The second-order valence-electron chi connectivity index (χ2n) is 5.63. The van der Waals surface area contributed by atoms with Crippen LogP contribution in [0.3, 0.4) is 0 Å². The molecule has 0 saturated carbocycles. The first-order valence-electron chi connectivity index (χ1n) is 8.25. The van der Waals surface area contributed by atoms with E-state index in [0.29, 0.717) is 29.0 Å². The van der Waals surface area contributed by atoms with Gasteiger partial charge in [-0.15, -0.1) is 11.6 Å². The van der Waals surface area contributed by atoms with Gasteiger partial charge in [-0.3, -0.25) is 4.79 Å². The van der Waals surface area contributed by atoms with Crippen LogP contribution in [0, 0.1) is 11.3 Å². The predicted molar refractivity (Wildman–Crippen MR) is 100 cm³/mol. The van der Waals surface area contributed by atoms with Crippen molar-refractivity contribution in [2.45, 2.75) is 25.1 Å². The Hall–Kier alpha value is -2.84. The summed E-state index contributed by atoms with van der Waals surface area (Å²) in [5.41, 5.74) is 2.14. The highest BCUT2D eigenvalue weighted by atomic mass is 35.5.